The number of rotatable bonds is 8. The van der Waals surface area contributed by atoms with Crippen LogP contribution in [0.25, 0.3) is 0 Å². The molecule has 2 N–H and O–H groups in total. The lowest BCUT2D eigenvalue weighted by Gasteiger charge is -2.08. The molecule has 0 fully saturated rings. The Morgan fingerprint density at radius 2 is 1.70 bits per heavy atom. The van der Waals surface area contributed by atoms with Gasteiger partial charge in [0.25, 0.3) is 5.91 Å². The molecule has 0 saturated carbocycles. The van der Waals surface area contributed by atoms with E-state index in [1.807, 2.05) is 49.4 Å². The first kappa shape index (κ1) is 19.0. The van der Waals surface area contributed by atoms with Crippen molar-refractivity contribution < 1.29 is 9.53 Å². The molecule has 0 aromatic heterocycles. The third-order valence-electron chi connectivity index (χ3n) is 3.20. The number of benzene rings is 2. The van der Waals surface area contributed by atoms with E-state index in [-0.39, 0.29) is 18.3 Å². The van der Waals surface area contributed by atoms with Crippen molar-refractivity contribution in [3.8, 4) is 5.75 Å². The van der Waals surface area contributed by atoms with Crippen LogP contribution >= 0.6 is 12.4 Å². The third kappa shape index (κ3) is 6.72. The number of likely N-dealkylation sites (N-methyl/N-ethyl adjacent to an activating group) is 1. The van der Waals surface area contributed by atoms with Gasteiger partial charge in [-0.2, -0.15) is 0 Å². The van der Waals surface area contributed by atoms with E-state index in [1.165, 1.54) is 0 Å². The maximum absolute atomic E-state index is 11.9. The van der Waals surface area contributed by atoms with Crippen LogP contribution in [0.1, 0.15) is 22.8 Å². The van der Waals surface area contributed by atoms with E-state index in [0.717, 1.165) is 24.4 Å². The van der Waals surface area contributed by atoms with Crippen molar-refractivity contribution in [3.63, 3.8) is 0 Å². The highest BCUT2D eigenvalue weighted by Crippen LogP contribution is 2.14. The van der Waals surface area contributed by atoms with Gasteiger partial charge >= 0.3 is 0 Å². The number of ether oxygens (including phenoxy) is 1. The number of halogens is 1. The van der Waals surface area contributed by atoms with Crippen LogP contribution in [-0.2, 0) is 6.61 Å². The largest absolute Gasteiger partial charge is 0.489 e. The molecule has 0 heterocycles. The van der Waals surface area contributed by atoms with Gasteiger partial charge in [-0.25, -0.2) is 0 Å². The first-order valence-electron chi connectivity index (χ1n) is 7.55. The van der Waals surface area contributed by atoms with E-state index >= 15 is 0 Å². The predicted octanol–water partition coefficient (Wildman–Crippen LogP) is 3.03. The molecule has 0 aliphatic carbocycles. The number of hydrogen-bond acceptors (Lipinski definition) is 3. The third-order valence-corrected chi connectivity index (χ3v) is 3.20. The first-order chi connectivity index (χ1) is 10.8. The standard InChI is InChI=1S/C18H22N2O2.ClH/c1-2-19-12-13-20-18(21)16-8-10-17(11-9-16)22-14-15-6-4-3-5-7-15;/h3-11,19H,2,12-14H2,1H3,(H,20,21);1H. The SMILES string of the molecule is CCNCCNC(=O)c1ccc(OCc2ccccc2)cc1.Cl. The van der Waals surface area contributed by atoms with Crippen molar-refractivity contribution in [2.24, 2.45) is 0 Å². The van der Waals surface area contributed by atoms with Crippen LogP contribution in [0.4, 0.5) is 0 Å². The van der Waals surface area contributed by atoms with Gasteiger partial charge in [-0.1, -0.05) is 37.3 Å². The van der Waals surface area contributed by atoms with Crippen molar-refractivity contribution in [3.05, 3.63) is 65.7 Å². The second-order valence-electron chi connectivity index (χ2n) is 4.91. The van der Waals surface area contributed by atoms with Crippen LogP contribution in [0.2, 0.25) is 0 Å². The fraction of sp³-hybridized carbons (Fsp3) is 0.278. The number of nitrogens with one attached hydrogen (secondary N) is 2. The number of carbonyl (C=O) groups excluding carboxylic acids is 1. The van der Waals surface area contributed by atoms with Crippen LogP contribution < -0.4 is 15.4 Å². The molecule has 2 aromatic carbocycles. The van der Waals surface area contributed by atoms with Gasteiger partial charge in [0.2, 0.25) is 0 Å². The summed E-state index contributed by atoms with van der Waals surface area (Å²) in [5.41, 5.74) is 1.76. The molecule has 4 nitrogen and oxygen atoms in total. The Balaban J connectivity index is 0.00000264. The van der Waals surface area contributed by atoms with Crippen molar-refractivity contribution in [1.29, 1.82) is 0 Å². The normalized spacial score (nSPS) is 9.78. The highest BCUT2D eigenvalue weighted by Gasteiger charge is 2.04. The molecule has 1 amide bonds. The Morgan fingerprint density at radius 1 is 1.00 bits per heavy atom. The van der Waals surface area contributed by atoms with Gasteiger partial charge in [-0.05, 0) is 36.4 Å². The molecule has 0 radical (unpaired) electrons. The zero-order valence-electron chi connectivity index (χ0n) is 13.2. The quantitative estimate of drug-likeness (QED) is 0.730. The average molecular weight is 335 g/mol. The topological polar surface area (TPSA) is 50.4 Å². The van der Waals surface area contributed by atoms with E-state index in [4.69, 9.17) is 4.74 Å². The van der Waals surface area contributed by atoms with E-state index < -0.39 is 0 Å². The van der Waals surface area contributed by atoms with Crippen molar-refractivity contribution in [2.75, 3.05) is 19.6 Å². The first-order valence-corrected chi connectivity index (χ1v) is 7.55. The zero-order chi connectivity index (χ0) is 15.6. The smallest absolute Gasteiger partial charge is 0.251 e. The molecule has 0 aliphatic rings. The van der Waals surface area contributed by atoms with E-state index in [9.17, 15) is 4.79 Å². The molecular weight excluding hydrogens is 312 g/mol. The average Bonchev–Trinajstić information content (AvgIpc) is 2.58. The van der Waals surface area contributed by atoms with Crippen LogP contribution in [0.3, 0.4) is 0 Å². The Hall–Kier alpha value is -2.04. The van der Waals surface area contributed by atoms with Crippen molar-refractivity contribution in [2.45, 2.75) is 13.5 Å². The zero-order valence-corrected chi connectivity index (χ0v) is 14.1. The van der Waals surface area contributed by atoms with E-state index in [1.54, 1.807) is 12.1 Å². The minimum atomic E-state index is -0.0625. The van der Waals surface area contributed by atoms with Gasteiger partial charge in [0.1, 0.15) is 12.4 Å². The maximum atomic E-state index is 11.9. The van der Waals surface area contributed by atoms with Crippen molar-refractivity contribution in [1.82, 2.24) is 10.6 Å². The number of amides is 1. The van der Waals surface area contributed by atoms with Gasteiger partial charge in [0, 0.05) is 18.7 Å². The van der Waals surface area contributed by atoms with Gasteiger partial charge in [-0.15, -0.1) is 12.4 Å². The summed E-state index contributed by atoms with van der Waals surface area (Å²) in [5, 5.41) is 6.03. The molecule has 0 bridgehead atoms. The highest BCUT2D eigenvalue weighted by molar-refractivity contribution is 5.94. The summed E-state index contributed by atoms with van der Waals surface area (Å²) in [6.45, 7) is 4.87. The molecule has 5 heteroatoms. The lowest BCUT2D eigenvalue weighted by molar-refractivity contribution is 0.0954. The Kier molecular flexibility index (Phi) is 8.80. The summed E-state index contributed by atoms with van der Waals surface area (Å²) < 4.78 is 5.70. The molecule has 0 aliphatic heterocycles. The number of carbonyl (C=O) groups is 1. The van der Waals surface area contributed by atoms with Crippen LogP contribution in [-0.4, -0.2) is 25.5 Å². The molecule has 0 spiro atoms. The highest BCUT2D eigenvalue weighted by atomic mass is 35.5. The summed E-state index contributed by atoms with van der Waals surface area (Å²) >= 11 is 0. The second kappa shape index (κ2) is 10.6. The van der Waals surface area contributed by atoms with Gasteiger partial charge in [-0.3, -0.25) is 4.79 Å². The Labute approximate surface area is 143 Å². The van der Waals surface area contributed by atoms with E-state index in [0.29, 0.717) is 18.7 Å². The van der Waals surface area contributed by atoms with Gasteiger partial charge in [0.05, 0.1) is 0 Å². The van der Waals surface area contributed by atoms with Gasteiger partial charge in [0.15, 0.2) is 0 Å². The fourth-order valence-corrected chi connectivity index (χ4v) is 1.99. The molecule has 0 atom stereocenters. The monoisotopic (exact) mass is 334 g/mol. The van der Waals surface area contributed by atoms with Crippen LogP contribution in [0.5, 0.6) is 5.75 Å². The molecule has 23 heavy (non-hydrogen) atoms. The molecule has 2 aromatic rings. The lowest BCUT2D eigenvalue weighted by atomic mass is 10.2. The minimum absolute atomic E-state index is 0. The summed E-state index contributed by atoms with van der Waals surface area (Å²) in [7, 11) is 0. The minimum Gasteiger partial charge on any atom is -0.489 e. The predicted molar refractivity (Wildman–Crippen MR) is 95.3 cm³/mol. The van der Waals surface area contributed by atoms with E-state index in [2.05, 4.69) is 10.6 Å². The maximum Gasteiger partial charge on any atom is 0.251 e. The summed E-state index contributed by atoms with van der Waals surface area (Å²) in [6.07, 6.45) is 0. The second-order valence-corrected chi connectivity index (χ2v) is 4.91. The van der Waals surface area contributed by atoms with Crippen LogP contribution in [0, 0.1) is 0 Å². The number of hydrogen-bond donors (Lipinski definition) is 2. The summed E-state index contributed by atoms with van der Waals surface area (Å²) in [5.74, 6) is 0.695. The molecule has 2 rings (SSSR count). The van der Waals surface area contributed by atoms with Gasteiger partial charge < -0.3 is 15.4 Å². The lowest BCUT2D eigenvalue weighted by Crippen LogP contribution is -2.31. The molecule has 0 unspecified atom stereocenters. The Morgan fingerprint density at radius 3 is 2.35 bits per heavy atom. The fourth-order valence-electron chi connectivity index (χ4n) is 1.99. The molecule has 124 valence electrons. The summed E-state index contributed by atoms with van der Waals surface area (Å²) in [4.78, 5) is 11.9. The molecular formula is C18H23ClN2O2. The van der Waals surface area contributed by atoms with Crippen molar-refractivity contribution >= 4 is 18.3 Å². The molecule has 0 saturated heterocycles. The summed E-state index contributed by atoms with van der Waals surface area (Å²) in [6, 6.07) is 17.2. The Bertz CT molecular complexity index is 573. The van der Waals surface area contributed by atoms with Crippen LogP contribution in [0.15, 0.2) is 54.6 Å².